The van der Waals surface area contributed by atoms with Crippen LogP contribution in [0.5, 0.6) is 5.75 Å². The summed E-state index contributed by atoms with van der Waals surface area (Å²) in [5.74, 6) is 1.04. The summed E-state index contributed by atoms with van der Waals surface area (Å²) in [5, 5.41) is 0.176. The van der Waals surface area contributed by atoms with Gasteiger partial charge in [-0.1, -0.05) is 12.1 Å². The van der Waals surface area contributed by atoms with Crippen LogP contribution in [0.2, 0.25) is 0 Å². The number of fused-ring (bicyclic) bond motifs is 1. The second-order valence-corrected chi connectivity index (χ2v) is 4.71. The maximum Gasteiger partial charge on any atom is 0.302 e. The summed E-state index contributed by atoms with van der Waals surface area (Å²) in [5.41, 5.74) is 0.926. The highest BCUT2D eigenvalue weighted by atomic mass is 32.1. The molecule has 0 aliphatic carbocycles. The Morgan fingerprint density at radius 3 is 2.45 bits per heavy atom. The van der Waals surface area contributed by atoms with E-state index < -0.39 is 0 Å². The normalized spacial score (nSPS) is 21.1. The number of rotatable bonds is 2. The van der Waals surface area contributed by atoms with E-state index in [9.17, 15) is 4.79 Å². The maximum absolute atomic E-state index is 12.3. The molecule has 0 bridgehead atoms. The molecule has 0 aromatic heterocycles. The predicted molar refractivity (Wildman–Crippen MR) is 78.2 cm³/mol. The van der Waals surface area contributed by atoms with Gasteiger partial charge in [-0.3, -0.25) is 9.69 Å². The number of benzene rings is 1. The Hall–Kier alpha value is -2.08. The molecule has 1 fully saturated rings. The number of anilines is 1. The highest BCUT2D eigenvalue weighted by molar-refractivity contribution is 7.80. The van der Waals surface area contributed by atoms with Crippen molar-refractivity contribution in [2.45, 2.75) is 13.8 Å². The summed E-state index contributed by atoms with van der Waals surface area (Å²) in [6.07, 6.45) is 0. The first-order valence-corrected chi connectivity index (χ1v) is 6.90. The topological polar surface area (TPSA) is 42.0 Å². The molecular weight excluding hydrogens is 276 g/mol. The van der Waals surface area contributed by atoms with Crippen molar-refractivity contribution in [1.29, 1.82) is 0 Å². The fraction of sp³-hybridized carbons (Fsp3) is 0.286. The highest BCUT2D eigenvalue weighted by Crippen LogP contribution is 2.40. The summed E-state index contributed by atoms with van der Waals surface area (Å²) >= 11 is 5.07. The number of para-hydroxylation sites is 2. The van der Waals surface area contributed by atoms with E-state index >= 15 is 0 Å². The Morgan fingerprint density at radius 1 is 1.10 bits per heavy atom. The zero-order chi connectivity index (χ0) is 14.3. The molecule has 3 rings (SSSR count). The molecule has 0 atom stereocenters. The van der Waals surface area contributed by atoms with Crippen LogP contribution in [0, 0.1) is 0 Å². The predicted octanol–water partition coefficient (Wildman–Crippen LogP) is 2.24. The van der Waals surface area contributed by atoms with Crippen LogP contribution in [-0.2, 0) is 9.53 Å². The average molecular weight is 290 g/mol. The lowest BCUT2D eigenvalue weighted by Gasteiger charge is -2.15. The van der Waals surface area contributed by atoms with E-state index in [0.717, 1.165) is 5.69 Å². The van der Waals surface area contributed by atoms with E-state index in [-0.39, 0.29) is 16.8 Å². The maximum atomic E-state index is 12.3. The molecule has 2 heterocycles. The van der Waals surface area contributed by atoms with Crippen LogP contribution >= 0.6 is 12.2 Å². The first kappa shape index (κ1) is 12.9. The molecule has 0 spiro atoms. The molecule has 1 amide bonds. The van der Waals surface area contributed by atoms with Gasteiger partial charge in [0.15, 0.2) is 5.75 Å². The third-order valence-electron chi connectivity index (χ3n) is 3.28. The van der Waals surface area contributed by atoms with E-state index in [4.69, 9.17) is 21.7 Å². The van der Waals surface area contributed by atoms with E-state index in [0.29, 0.717) is 24.7 Å². The first-order valence-electron chi connectivity index (χ1n) is 6.49. The van der Waals surface area contributed by atoms with Crippen molar-refractivity contribution in [3.05, 3.63) is 35.9 Å². The minimum absolute atomic E-state index is 0.162. The second-order valence-electron chi connectivity index (χ2n) is 4.37. The van der Waals surface area contributed by atoms with Crippen LogP contribution in [-0.4, -0.2) is 29.1 Å². The van der Waals surface area contributed by atoms with Crippen LogP contribution in [0.15, 0.2) is 35.9 Å². The molecule has 104 valence electrons. The van der Waals surface area contributed by atoms with Gasteiger partial charge in [-0.2, -0.15) is 0 Å². The zero-order valence-corrected chi connectivity index (χ0v) is 12.1. The van der Waals surface area contributed by atoms with Crippen molar-refractivity contribution in [3.8, 4) is 5.75 Å². The number of amides is 1. The largest absolute Gasteiger partial charge is 0.435 e. The molecule has 1 aromatic rings. The monoisotopic (exact) mass is 290 g/mol. The fourth-order valence-corrected chi connectivity index (χ4v) is 2.61. The molecule has 0 N–H and O–H groups in total. The molecule has 1 saturated heterocycles. The van der Waals surface area contributed by atoms with Crippen LogP contribution in [0.25, 0.3) is 0 Å². The number of carbonyl (C=O) groups excluding carboxylic acids is 1. The van der Waals surface area contributed by atoms with Crippen molar-refractivity contribution < 1.29 is 14.3 Å². The summed E-state index contributed by atoms with van der Waals surface area (Å²) in [6.45, 7) is 4.99. The van der Waals surface area contributed by atoms with Crippen molar-refractivity contribution in [3.63, 3.8) is 0 Å². The summed E-state index contributed by atoms with van der Waals surface area (Å²) in [7, 11) is 0. The molecule has 2 aliphatic rings. The molecule has 6 heteroatoms. The van der Waals surface area contributed by atoms with Gasteiger partial charge in [-0.15, -0.1) is 0 Å². The van der Waals surface area contributed by atoms with Gasteiger partial charge in [-0.25, -0.2) is 0 Å². The van der Waals surface area contributed by atoms with Crippen LogP contribution < -0.4 is 9.64 Å². The van der Waals surface area contributed by atoms with Gasteiger partial charge in [0, 0.05) is 13.1 Å². The molecule has 0 radical (unpaired) electrons. The van der Waals surface area contributed by atoms with Gasteiger partial charge in [-0.05, 0) is 38.2 Å². The zero-order valence-electron chi connectivity index (χ0n) is 11.3. The quantitative estimate of drug-likeness (QED) is 0.617. The summed E-state index contributed by atoms with van der Waals surface area (Å²) in [6, 6.07) is 7.63. The van der Waals surface area contributed by atoms with Crippen molar-refractivity contribution >= 4 is 29.0 Å². The summed E-state index contributed by atoms with van der Waals surface area (Å²) in [4.78, 5) is 15.6. The molecule has 0 saturated carbocycles. The number of thiocarbonyl (C=S) groups is 1. The lowest BCUT2D eigenvalue weighted by molar-refractivity contribution is -0.123. The van der Waals surface area contributed by atoms with E-state index in [2.05, 4.69) is 0 Å². The van der Waals surface area contributed by atoms with Gasteiger partial charge < -0.3 is 14.4 Å². The number of carbonyl (C=O) groups is 1. The molecule has 2 aliphatic heterocycles. The number of ether oxygens (including phenoxy) is 2. The first-order chi connectivity index (χ1) is 9.67. The Morgan fingerprint density at radius 2 is 1.80 bits per heavy atom. The third kappa shape index (κ3) is 1.76. The Labute approximate surface area is 122 Å². The molecule has 0 unspecified atom stereocenters. The second kappa shape index (κ2) is 4.79. The van der Waals surface area contributed by atoms with Gasteiger partial charge in [0.25, 0.3) is 10.9 Å². The smallest absolute Gasteiger partial charge is 0.302 e. The molecule has 1 aromatic carbocycles. The molecule has 5 nitrogen and oxygen atoms in total. The lowest BCUT2D eigenvalue weighted by Crippen LogP contribution is -2.29. The minimum Gasteiger partial charge on any atom is -0.435 e. The van der Waals surface area contributed by atoms with Crippen LogP contribution in [0.4, 0.5) is 5.69 Å². The number of hydrogen-bond donors (Lipinski definition) is 0. The van der Waals surface area contributed by atoms with Gasteiger partial charge in [0.05, 0.1) is 5.69 Å². The van der Waals surface area contributed by atoms with Crippen LogP contribution in [0.1, 0.15) is 13.8 Å². The van der Waals surface area contributed by atoms with Crippen molar-refractivity contribution in [1.82, 2.24) is 4.90 Å². The Balaban J connectivity index is 2.06. The molecule has 20 heavy (non-hydrogen) atoms. The highest BCUT2D eigenvalue weighted by Gasteiger charge is 2.40. The van der Waals surface area contributed by atoms with E-state index in [1.54, 1.807) is 0 Å². The van der Waals surface area contributed by atoms with Crippen molar-refractivity contribution in [2.24, 2.45) is 0 Å². The van der Waals surface area contributed by atoms with Gasteiger partial charge >= 0.3 is 5.91 Å². The minimum atomic E-state index is -0.251. The average Bonchev–Trinajstić information content (AvgIpc) is 2.95. The summed E-state index contributed by atoms with van der Waals surface area (Å²) < 4.78 is 11.2. The standard InChI is InChI=1S/C14H14N2O3S/c1-3-15-9-7-5-6-8-10(9)18-13(15)11-12(17)16(4-2)14(20)19-11/h5-8H,3-4H2,1-2H3. The lowest BCUT2D eigenvalue weighted by atomic mass is 10.3. The SMILES string of the molecule is CCN1C(=O)C(=C2Oc3ccccc3N2CC)OC1=S. The van der Waals surface area contributed by atoms with Gasteiger partial charge in [0.2, 0.25) is 5.88 Å². The number of hydrogen-bond acceptors (Lipinski definition) is 5. The fourth-order valence-electron chi connectivity index (χ4n) is 2.32. The Bertz CT molecular complexity index is 627. The van der Waals surface area contributed by atoms with E-state index in [1.165, 1.54) is 4.90 Å². The molecular formula is C14H14N2O3S. The van der Waals surface area contributed by atoms with E-state index in [1.807, 2.05) is 43.0 Å². The number of nitrogens with zero attached hydrogens (tertiary/aromatic N) is 2. The van der Waals surface area contributed by atoms with Gasteiger partial charge in [0.1, 0.15) is 0 Å². The van der Waals surface area contributed by atoms with Crippen LogP contribution in [0.3, 0.4) is 0 Å². The number of likely N-dealkylation sites (N-methyl/N-ethyl adjacent to an activating group) is 1. The van der Waals surface area contributed by atoms with Crippen molar-refractivity contribution in [2.75, 3.05) is 18.0 Å². The Kier molecular flexibility index (Phi) is 3.10. The third-order valence-corrected chi connectivity index (χ3v) is 3.59.